The lowest BCUT2D eigenvalue weighted by Gasteiger charge is -2.18. The Morgan fingerprint density at radius 3 is 1.81 bits per heavy atom. The molecule has 5 heteroatoms. The van der Waals surface area contributed by atoms with Crippen molar-refractivity contribution in [3.05, 3.63) is 125 Å². The van der Waals surface area contributed by atoms with Gasteiger partial charge in [0.1, 0.15) is 29.4 Å². The van der Waals surface area contributed by atoms with Crippen molar-refractivity contribution in [1.29, 1.82) is 0 Å². The fraction of sp³-hybridized carbons (Fsp3) is 0.111. The number of hydrogen-bond acceptors (Lipinski definition) is 2. The maximum absolute atomic E-state index is 13.9. The van der Waals surface area contributed by atoms with Gasteiger partial charge in [-0.1, -0.05) is 72.8 Å². The third-order valence-electron chi connectivity index (χ3n) is 4.93. The van der Waals surface area contributed by atoms with E-state index in [9.17, 15) is 13.2 Å². The molecule has 0 spiro atoms. The van der Waals surface area contributed by atoms with E-state index in [0.717, 1.165) is 11.1 Å². The van der Waals surface area contributed by atoms with E-state index in [-0.39, 0.29) is 17.7 Å². The Morgan fingerprint density at radius 2 is 1.19 bits per heavy atom. The molecule has 0 N–H and O–H groups in total. The summed E-state index contributed by atoms with van der Waals surface area (Å²) in [6.45, 7) is 0.404. The predicted molar refractivity (Wildman–Crippen MR) is 118 cm³/mol. The Morgan fingerprint density at radius 1 is 0.594 bits per heavy atom. The van der Waals surface area contributed by atoms with Crippen LogP contribution in [0.1, 0.15) is 22.3 Å². The topological polar surface area (TPSA) is 18.5 Å². The van der Waals surface area contributed by atoms with Gasteiger partial charge in [0.15, 0.2) is 0 Å². The standard InChI is InChI=1S/C27H21F3O2/c28-27(29,30)26-22(18-20-8-3-1-4-9-20)12-7-13-25(26)32-24-16-14-23(15-17-24)31-19-21-10-5-2-6-11-21/h1-17H,18-19H2. The molecule has 0 aromatic heterocycles. The third-order valence-corrected chi connectivity index (χ3v) is 4.93. The highest BCUT2D eigenvalue weighted by atomic mass is 19.4. The molecule has 0 atom stereocenters. The van der Waals surface area contributed by atoms with E-state index < -0.39 is 11.7 Å². The average Bonchev–Trinajstić information content (AvgIpc) is 2.79. The first kappa shape index (κ1) is 21.5. The number of benzene rings is 4. The highest BCUT2D eigenvalue weighted by molar-refractivity contribution is 5.47. The summed E-state index contributed by atoms with van der Waals surface area (Å²) in [7, 11) is 0. The summed E-state index contributed by atoms with van der Waals surface area (Å²) in [6.07, 6.45) is -4.38. The molecule has 0 amide bonds. The maximum atomic E-state index is 13.9. The Labute approximate surface area is 184 Å². The summed E-state index contributed by atoms with van der Waals surface area (Å²) < 4.78 is 53.2. The van der Waals surface area contributed by atoms with Crippen molar-refractivity contribution < 1.29 is 22.6 Å². The zero-order valence-corrected chi connectivity index (χ0v) is 17.2. The molecule has 0 saturated carbocycles. The van der Waals surface area contributed by atoms with Crippen molar-refractivity contribution in [3.63, 3.8) is 0 Å². The summed E-state index contributed by atoms with van der Waals surface area (Å²) in [4.78, 5) is 0. The monoisotopic (exact) mass is 434 g/mol. The van der Waals surface area contributed by atoms with E-state index in [4.69, 9.17) is 9.47 Å². The van der Waals surface area contributed by atoms with Crippen molar-refractivity contribution >= 4 is 0 Å². The van der Waals surface area contributed by atoms with Crippen molar-refractivity contribution in [1.82, 2.24) is 0 Å². The van der Waals surface area contributed by atoms with E-state index in [1.54, 1.807) is 30.3 Å². The van der Waals surface area contributed by atoms with Gasteiger partial charge >= 0.3 is 6.18 Å². The highest BCUT2D eigenvalue weighted by Crippen LogP contribution is 2.41. The molecular formula is C27H21F3O2. The minimum Gasteiger partial charge on any atom is -0.489 e. The summed E-state index contributed by atoms with van der Waals surface area (Å²) in [5.41, 5.74) is 1.24. The lowest BCUT2D eigenvalue weighted by molar-refractivity contribution is -0.139. The molecule has 0 aliphatic rings. The van der Waals surface area contributed by atoms with Gasteiger partial charge in [-0.25, -0.2) is 0 Å². The van der Waals surface area contributed by atoms with Gasteiger partial charge in [0, 0.05) is 0 Å². The lowest BCUT2D eigenvalue weighted by Crippen LogP contribution is -2.11. The molecule has 0 bridgehead atoms. The first-order chi connectivity index (χ1) is 15.5. The molecule has 32 heavy (non-hydrogen) atoms. The third kappa shape index (κ3) is 5.49. The van der Waals surface area contributed by atoms with Crippen molar-refractivity contribution in [3.8, 4) is 17.2 Å². The molecule has 0 aliphatic carbocycles. The van der Waals surface area contributed by atoms with E-state index in [0.29, 0.717) is 18.1 Å². The molecule has 0 fully saturated rings. The number of ether oxygens (including phenoxy) is 2. The van der Waals surface area contributed by atoms with Gasteiger partial charge in [-0.2, -0.15) is 13.2 Å². The van der Waals surface area contributed by atoms with Crippen molar-refractivity contribution in [2.45, 2.75) is 19.2 Å². The molecule has 0 saturated heterocycles. The maximum Gasteiger partial charge on any atom is 0.420 e. The van der Waals surface area contributed by atoms with Gasteiger partial charge in [0.25, 0.3) is 0 Å². The smallest absolute Gasteiger partial charge is 0.420 e. The molecule has 0 radical (unpaired) electrons. The van der Waals surface area contributed by atoms with E-state index in [1.165, 1.54) is 12.1 Å². The zero-order valence-electron chi connectivity index (χ0n) is 17.2. The lowest BCUT2D eigenvalue weighted by atomic mass is 9.98. The van der Waals surface area contributed by atoms with Gasteiger partial charge < -0.3 is 9.47 Å². The summed E-state index contributed by atoms with van der Waals surface area (Å²) in [5.74, 6) is 0.693. The normalized spacial score (nSPS) is 11.2. The van der Waals surface area contributed by atoms with Crippen LogP contribution in [-0.4, -0.2) is 0 Å². The largest absolute Gasteiger partial charge is 0.489 e. The summed E-state index contributed by atoms with van der Waals surface area (Å²) in [5, 5.41) is 0. The van der Waals surface area contributed by atoms with Gasteiger partial charge in [-0.05, 0) is 53.4 Å². The number of alkyl halides is 3. The van der Waals surface area contributed by atoms with Gasteiger partial charge in [-0.15, -0.1) is 0 Å². The molecule has 0 aliphatic heterocycles. The van der Waals surface area contributed by atoms with Crippen LogP contribution in [0.4, 0.5) is 13.2 Å². The molecule has 4 aromatic rings. The zero-order chi connectivity index (χ0) is 22.4. The summed E-state index contributed by atoms with van der Waals surface area (Å²) in [6, 6.07) is 29.8. The van der Waals surface area contributed by atoms with Crippen LogP contribution in [0.25, 0.3) is 0 Å². The Hall–Kier alpha value is -3.73. The van der Waals surface area contributed by atoms with Crippen LogP contribution in [-0.2, 0) is 19.2 Å². The fourth-order valence-corrected chi connectivity index (χ4v) is 3.42. The highest BCUT2D eigenvalue weighted by Gasteiger charge is 2.37. The van der Waals surface area contributed by atoms with E-state index in [2.05, 4.69) is 0 Å². The Balaban J connectivity index is 1.52. The van der Waals surface area contributed by atoms with Crippen LogP contribution in [0.2, 0.25) is 0 Å². The van der Waals surface area contributed by atoms with Crippen LogP contribution in [0.3, 0.4) is 0 Å². The molecule has 2 nitrogen and oxygen atoms in total. The molecule has 4 aromatic carbocycles. The van der Waals surface area contributed by atoms with Crippen LogP contribution in [0, 0.1) is 0 Å². The first-order valence-electron chi connectivity index (χ1n) is 10.2. The molecule has 0 unspecified atom stereocenters. The van der Waals surface area contributed by atoms with Crippen molar-refractivity contribution in [2.24, 2.45) is 0 Å². The second-order valence-electron chi connectivity index (χ2n) is 7.30. The van der Waals surface area contributed by atoms with Gasteiger partial charge in [0.05, 0.1) is 0 Å². The molecule has 0 heterocycles. The first-order valence-corrected chi connectivity index (χ1v) is 10.2. The second kappa shape index (κ2) is 9.60. The van der Waals surface area contributed by atoms with Gasteiger partial charge in [-0.3, -0.25) is 0 Å². The van der Waals surface area contributed by atoms with Crippen LogP contribution in [0.15, 0.2) is 103 Å². The Bertz CT molecular complexity index is 1140. The van der Waals surface area contributed by atoms with Crippen LogP contribution in [0.5, 0.6) is 17.2 Å². The number of rotatable bonds is 7. The summed E-state index contributed by atoms with van der Waals surface area (Å²) >= 11 is 0. The SMILES string of the molecule is FC(F)(F)c1c(Cc2ccccc2)cccc1Oc1ccc(OCc2ccccc2)cc1. The fourth-order valence-electron chi connectivity index (χ4n) is 3.42. The second-order valence-corrected chi connectivity index (χ2v) is 7.30. The van der Waals surface area contributed by atoms with Crippen molar-refractivity contribution in [2.75, 3.05) is 0 Å². The average molecular weight is 434 g/mol. The molecule has 162 valence electrons. The van der Waals surface area contributed by atoms with Gasteiger partial charge in [0.2, 0.25) is 0 Å². The predicted octanol–water partition coefficient (Wildman–Crippen LogP) is 7.67. The minimum absolute atomic E-state index is 0.166. The molecular weight excluding hydrogens is 413 g/mol. The minimum atomic E-state index is -4.54. The number of hydrogen-bond donors (Lipinski definition) is 0. The van der Waals surface area contributed by atoms with E-state index >= 15 is 0 Å². The number of halogens is 3. The Kier molecular flexibility index (Phi) is 6.45. The molecule has 4 rings (SSSR count). The van der Waals surface area contributed by atoms with Crippen LogP contribution >= 0.6 is 0 Å². The quantitative estimate of drug-likeness (QED) is 0.297. The van der Waals surface area contributed by atoms with E-state index in [1.807, 2.05) is 60.7 Å². The van der Waals surface area contributed by atoms with Crippen LogP contribution < -0.4 is 9.47 Å².